The highest BCUT2D eigenvalue weighted by Crippen LogP contribution is 2.27. The number of aryl methyl sites for hydroxylation is 1. The van der Waals surface area contributed by atoms with E-state index >= 15 is 0 Å². The molecule has 0 N–H and O–H groups in total. The van der Waals surface area contributed by atoms with Gasteiger partial charge in [0.25, 0.3) is 0 Å². The third kappa shape index (κ3) is 1.76. The number of rotatable bonds is 3. The van der Waals surface area contributed by atoms with Gasteiger partial charge in [0.15, 0.2) is 5.78 Å². The second kappa shape index (κ2) is 4.22. The Kier molecular flexibility index (Phi) is 2.55. The van der Waals surface area contributed by atoms with Crippen molar-refractivity contribution in [3.05, 3.63) is 41.7 Å². The molecule has 4 heteroatoms. The van der Waals surface area contributed by atoms with E-state index in [0.717, 1.165) is 35.0 Å². The molecule has 3 rings (SSSR count). The van der Waals surface area contributed by atoms with Gasteiger partial charge in [0.2, 0.25) is 0 Å². The molecule has 0 fully saturated rings. The minimum Gasteiger partial charge on any atom is -0.301 e. The number of ketones is 1. The van der Waals surface area contributed by atoms with Gasteiger partial charge < -0.3 is 4.79 Å². The number of carbonyl (C=O) groups excluding carboxylic acids is 2. The summed E-state index contributed by atoms with van der Waals surface area (Å²) in [7, 11) is 0. The van der Waals surface area contributed by atoms with Crippen LogP contribution in [0.1, 0.15) is 22.3 Å². The number of fused-ring (bicyclic) bond motifs is 1. The highest BCUT2D eigenvalue weighted by molar-refractivity contribution is 6.00. The van der Waals surface area contributed by atoms with Crippen molar-refractivity contribution in [2.45, 2.75) is 19.4 Å². The topological polar surface area (TPSA) is 52.0 Å². The number of aldehydes is 1. The monoisotopic (exact) mass is 240 g/mol. The van der Waals surface area contributed by atoms with E-state index in [-0.39, 0.29) is 12.3 Å². The third-order valence-corrected chi connectivity index (χ3v) is 3.26. The van der Waals surface area contributed by atoms with Crippen molar-refractivity contribution in [1.82, 2.24) is 9.78 Å². The van der Waals surface area contributed by atoms with Crippen LogP contribution in [0.3, 0.4) is 0 Å². The van der Waals surface area contributed by atoms with E-state index in [4.69, 9.17) is 0 Å². The van der Waals surface area contributed by atoms with Gasteiger partial charge in [-0.1, -0.05) is 18.2 Å². The zero-order valence-electron chi connectivity index (χ0n) is 9.80. The summed E-state index contributed by atoms with van der Waals surface area (Å²) in [6.07, 6.45) is 5.83. The van der Waals surface area contributed by atoms with Crippen LogP contribution in [-0.4, -0.2) is 21.8 Å². The lowest BCUT2D eigenvalue weighted by molar-refractivity contribution is -0.108. The Morgan fingerprint density at radius 1 is 1.28 bits per heavy atom. The summed E-state index contributed by atoms with van der Waals surface area (Å²) in [6.45, 7) is 0.267. The molecule has 0 bridgehead atoms. The van der Waals surface area contributed by atoms with Crippen LogP contribution >= 0.6 is 0 Å². The van der Waals surface area contributed by atoms with Gasteiger partial charge in [-0.05, 0) is 17.5 Å². The number of hydrogen-bond acceptors (Lipinski definition) is 3. The van der Waals surface area contributed by atoms with Crippen LogP contribution in [0.5, 0.6) is 0 Å². The Balaban J connectivity index is 1.97. The molecular formula is C14H12N2O2. The summed E-state index contributed by atoms with van der Waals surface area (Å²) in [5.74, 6) is 0.230. The van der Waals surface area contributed by atoms with Gasteiger partial charge in [0, 0.05) is 23.7 Å². The Hall–Kier alpha value is -2.23. The number of nitrogens with zero attached hydrogens (tertiary/aromatic N) is 2. The first-order valence-electron chi connectivity index (χ1n) is 5.90. The van der Waals surface area contributed by atoms with E-state index in [1.807, 2.05) is 24.4 Å². The van der Waals surface area contributed by atoms with Crippen molar-refractivity contribution in [2.75, 3.05) is 0 Å². The molecule has 0 spiro atoms. The van der Waals surface area contributed by atoms with Crippen LogP contribution in [0.4, 0.5) is 0 Å². The van der Waals surface area contributed by atoms with Crippen molar-refractivity contribution in [2.24, 2.45) is 0 Å². The fourth-order valence-corrected chi connectivity index (χ4v) is 2.32. The van der Waals surface area contributed by atoms with Gasteiger partial charge in [0.05, 0.1) is 12.7 Å². The summed E-state index contributed by atoms with van der Waals surface area (Å²) >= 11 is 0. The van der Waals surface area contributed by atoms with Crippen molar-refractivity contribution >= 4 is 12.1 Å². The lowest BCUT2D eigenvalue weighted by Gasteiger charge is -2.01. The molecule has 0 radical (unpaired) electrons. The first-order valence-corrected chi connectivity index (χ1v) is 5.90. The van der Waals surface area contributed by atoms with E-state index in [1.165, 1.54) is 0 Å². The molecule has 1 aliphatic carbocycles. The molecule has 4 nitrogen and oxygen atoms in total. The SMILES string of the molecule is O=CCn1cc(-c2ccc3c(c2)CCC3=O)cn1. The molecule has 2 aromatic rings. The van der Waals surface area contributed by atoms with Crippen molar-refractivity contribution in [3.63, 3.8) is 0 Å². The number of hydrogen-bond donors (Lipinski definition) is 0. The Morgan fingerprint density at radius 3 is 3.00 bits per heavy atom. The highest BCUT2D eigenvalue weighted by Gasteiger charge is 2.19. The average Bonchev–Trinajstić information content (AvgIpc) is 2.97. The largest absolute Gasteiger partial charge is 0.301 e. The first-order chi connectivity index (χ1) is 8.78. The molecule has 1 aromatic carbocycles. The molecule has 0 aliphatic heterocycles. The van der Waals surface area contributed by atoms with Crippen LogP contribution in [0.25, 0.3) is 11.1 Å². The summed E-state index contributed by atoms with van der Waals surface area (Å²) in [5, 5.41) is 4.11. The molecule has 1 heterocycles. The quantitative estimate of drug-likeness (QED) is 0.770. The van der Waals surface area contributed by atoms with E-state index in [1.54, 1.807) is 10.9 Å². The maximum Gasteiger partial charge on any atom is 0.163 e. The van der Waals surface area contributed by atoms with E-state index in [9.17, 15) is 9.59 Å². The second-order valence-electron chi connectivity index (χ2n) is 4.41. The molecule has 90 valence electrons. The summed E-state index contributed by atoms with van der Waals surface area (Å²) in [5.41, 5.74) is 3.97. The standard InChI is InChI=1S/C14H12N2O2/c17-6-5-16-9-12(8-15-16)10-1-3-13-11(7-10)2-4-14(13)18/h1,3,6-9H,2,4-5H2. The fraction of sp³-hybridized carbons (Fsp3) is 0.214. The number of Topliss-reactive ketones (excluding diaryl/α,β-unsaturated/α-hetero) is 1. The molecule has 0 amide bonds. The maximum atomic E-state index is 11.5. The third-order valence-electron chi connectivity index (χ3n) is 3.26. The Labute approximate surface area is 104 Å². The van der Waals surface area contributed by atoms with E-state index in [2.05, 4.69) is 5.10 Å². The molecule has 18 heavy (non-hydrogen) atoms. The predicted molar refractivity (Wildman–Crippen MR) is 66.4 cm³/mol. The maximum absolute atomic E-state index is 11.5. The van der Waals surface area contributed by atoms with Crippen LogP contribution in [0.2, 0.25) is 0 Å². The number of carbonyl (C=O) groups is 2. The molecule has 0 saturated carbocycles. The van der Waals surface area contributed by atoms with Crippen molar-refractivity contribution < 1.29 is 9.59 Å². The fourth-order valence-electron chi connectivity index (χ4n) is 2.32. The van der Waals surface area contributed by atoms with Gasteiger partial charge in [-0.2, -0.15) is 5.10 Å². The summed E-state index contributed by atoms with van der Waals surface area (Å²) < 4.78 is 1.60. The van der Waals surface area contributed by atoms with Crippen LogP contribution in [-0.2, 0) is 17.8 Å². The van der Waals surface area contributed by atoms with Crippen molar-refractivity contribution in [3.8, 4) is 11.1 Å². The van der Waals surface area contributed by atoms with Crippen molar-refractivity contribution in [1.29, 1.82) is 0 Å². The van der Waals surface area contributed by atoms with Crippen LogP contribution < -0.4 is 0 Å². The van der Waals surface area contributed by atoms with Crippen LogP contribution in [0, 0.1) is 0 Å². The van der Waals surface area contributed by atoms with Gasteiger partial charge in [0.1, 0.15) is 6.29 Å². The van der Waals surface area contributed by atoms with Gasteiger partial charge >= 0.3 is 0 Å². The van der Waals surface area contributed by atoms with Crippen LogP contribution in [0.15, 0.2) is 30.6 Å². The Bertz CT molecular complexity index is 628. The molecule has 1 aliphatic rings. The highest BCUT2D eigenvalue weighted by atomic mass is 16.1. The minimum absolute atomic E-state index is 0.230. The lowest BCUT2D eigenvalue weighted by atomic mass is 10.0. The van der Waals surface area contributed by atoms with Gasteiger partial charge in [-0.15, -0.1) is 0 Å². The van der Waals surface area contributed by atoms with E-state index < -0.39 is 0 Å². The molecular weight excluding hydrogens is 228 g/mol. The summed E-state index contributed by atoms with van der Waals surface area (Å²) in [6, 6.07) is 5.86. The Morgan fingerprint density at radius 2 is 2.17 bits per heavy atom. The summed E-state index contributed by atoms with van der Waals surface area (Å²) in [4.78, 5) is 22.0. The second-order valence-corrected chi connectivity index (χ2v) is 4.41. The number of aromatic nitrogens is 2. The molecule has 0 saturated heterocycles. The lowest BCUT2D eigenvalue weighted by Crippen LogP contribution is -1.97. The normalized spacial score (nSPS) is 13.7. The average molecular weight is 240 g/mol. The molecule has 1 aromatic heterocycles. The van der Waals surface area contributed by atoms with Gasteiger partial charge in [-0.25, -0.2) is 0 Å². The number of benzene rings is 1. The smallest absolute Gasteiger partial charge is 0.163 e. The van der Waals surface area contributed by atoms with Gasteiger partial charge in [-0.3, -0.25) is 9.48 Å². The first kappa shape index (κ1) is 10.9. The zero-order chi connectivity index (χ0) is 12.5. The molecule has 0 atom stereocenters. The van der Waals surface area contributed by atoms with E-state index in [0.29, 0.717) is 6.42 Å². The zero-order valence-corrected chi connectivity index (χ0v) is 9.80. The molecule has 0 unspecified atom stereocenters. The minimum atomic E-state index is 0.230. The predicted octanol–water partition coefficient (Wildman–Crippen LogP) is 1.88.